The number of nitrogens with one attached hydrogen (secondary N) is 2. The van der Waals surface area contributed by atoms with E-state index in [0.29, 0.717) is 0 Å². The molecule has 0 aliphatic carbocycles. The molecule has 0 atom stereocenters. The average Bonchev–Trinajstić information content (AvgIpc) is 2.10. The van der Waals surface area contributed by atoms with Gasteiger partial charge in [0.05, 0.1) is 7.11 Å². The third-order valence-electron chi connectivity index (χ3n) is 1.10. The standard InChI is InChI=1S/C5H9F3N2O4S/c1-14-4(11)2-9-15(12,13)10-3-5(6,7)8/h9-10H,2-3H2,1H3. The smallest absolute Gasteiger partial charge is 0.402 e. The maximum absolute atomic E-state index is 11.6. The van der Waals surface area contributed by atoms with Gasteiger partial charge in [-0.25, -0.2) is 0 Å². The third-order valence-corrected chi connectivity index (χ3v) is 2.15. The third kappa shape index (κ3) is 8.15. The Kier molecular flexibility index (Phi) is 4.97. The number of alkyl halides is 3. The van der Waals surface area contributed by atoms with Crippen molar-refractivity contribution in [3.63, 3.8) is 0 Å². The fourth-order valence-corrected chi connectivity index (χ4v) is 1.22. The van der Waals surface area contributed by atoms with E-state index in [2.05, 4.69) is 4.74 Å². The Morgan fingerprint density at radius 2 is 1.87 bits per heavy atom. The van der Waals surface area contributed by atoms with Crippen molar-refractivity contribution in [2.75, 3.05) is 20.2 Å². The number of methoxy groups -OCH3 is 1. The van der Waals surface area contributed by atoms with E-state index in [1.807, 2.05) is 0 Å². The summed E-state index contributed by atoms with van der Waals surface area (Å²) in [6, 6.07) is 0. The van der Waals surface area contributed by atoms with Gasteiger partial charge in [-0.1, -0.05) is 0 Å². The van der Waals surface area contributed by atoms with Gasteiger partial charge >= 0.3 is 12.1 Å². The summed E-state index contributed by atoms with van der Waals surface area (Å²) in [6.07, 6.45) is -4.65. The molecule has 0 heterocycles. The molecular formula is C5H9F3N2O4S. The summed E-state index contributed by atoms with van der Waals surface area (Å²) in [7, 11) is -3.33. The molecule has 0 aliphatic heterocycles. The molecule has 90 valence electrons. The van der Waals surface area contributed by atoms with Crippen molar-refractivity contribution in [1.82, 2.24) is 9.44 Å². The number of hydrogen-bond acceptors (Lipinski definition) is 4. The molecule has 0 aromatic rings. The first-order valence-electron chi connectivity index (χ1n) is 3.54. The molecule has 2 N–H and O–H groups in total. The summed E-state index contributed by atoms with van der Waals surface area (Å²) in [4.78, 5) is 10.5. The van der Waals surface area contributed by atoms with Gasteiger partial charge in [0.15, 0.2) is 0 Å². The van der Waals surface area contributed by atoms with Crippen molar-refractivity contribution in [2.45, 2.75) is 6.18 Å². The van der Waals surface area contributed by atoms with Crippen molar-refractivity contribution < 1.29 is 31.1 Å². The van der Waals surface area contributed by atoms with Crippen molar-refractivity contribution in [2.24, 2.45) is 0 Å². The number of rotatable bonds is 5. The second-order valence-corrected chi connectivity index (χ2v) is 3.92. The monoisotopic (exact) mass is 250 g/mol. The molecule has 0 aromatic carbocycles. The fraction of sp³-hybridized carbons (Fsp3) is 0.800. The van der Waals surface area contributed by atoms with Gasteiger partial charge in [0.1, 0.15) is 13.1 Å². The minimum Gasteiger partial charge on any atom is -0.468 e. The van der Waals surface area contributed by atoms with Crippen molar-refractivity contribution in [3.05, 3.63) is 0 Å². The van der Waals surface area contributed by atoms with Crippen LogP contribution in [0.3, 0.4) is 0 Å². The lowest BCUT2D eigenvalue weighted by Gasteiger charge is -2.09. The predicted molar refractivity (Wildman–Crippen MR) is 43.0 cm³/mol. The average molecular weight is 250 g/mol. The molecule has 0 saturated heterocycles. The molecule has 10 heteroatoms. The SMILES string of the molecule is COC(=O)CNS(=O)(=O)NCC(F)(F)F. The van der Waals surface area contributed by atoms with Crippen LogP contribution in [0.15, 0.2) is 0 Å². The van der Waals surface area contributed by atoms with Gasteiger partial charge in [-0.3, -0.25) is 4.79 Å². The predicted octanol–water partition coefficient (Wildman–Crippen LogP) is -0.854. The molecule has 0 aliphatic rings. The lowest BCUT2D eigenvalue weighted by Crippen LogP contribution is -2.43. The fourth-order valence-electron chi connectivity index (χ4n) is 0.454. The summed E-state index contributed by atoms with van der Waals surface area (Å²) >= 11 is 0. The highest BCUT2D eigenvalue weighted by atomic mass is 32.2. The van der Waals surface area contributed by atoms with Crippen LogP contribution in [0.5, 0.6) is 0 Å². The quantitative estimate of drug-likeness (QED) is 0.622. The van der Waals surface area contributed by atoms with Crippen LogP contribution in [-0.2, 0) is 19.7 Å². The molecule has 0 unspecified atom stereocenters. The van der Waals surface area contributed by atoms with Crippen LogP contribution in [0.25, 0.3) is 0 Å². The van der Waals surface area contributed by atoms with Crippen LogP contribution in [0.1, 0.15) is 0 Å². The molecule has 0 fully saturated rings. The maximum atomic E-state index is 11.6. The van der Waals surface area contributed by atoms with Crippen molar-refractivity contribution >= 4 is 16.2 Å². The van der Waals surface area contributed by atoms with Gasteiger partial charge < -0.3 is 4.74 Å². The summed E-state index contributed by atoms with van der Waals surface area (Å²) in [6.45, 7) is -2.44. The molecule has 0 saturated carbocycles. The Balaban J connectivity index is 4.04. The molecule has 0 aromatic heterocycles. The first-order valence-corrected chi connectivity index (χ1v) is 5.02. The van der Waals surface area contributed by atoms with E-state index in [1.54, 1.807) is 4.72 Å². The summed E-state index contributed by atoms with van der Waals surface area (Å²) in [5.74, 6) is -0.910. The van der Waals surface area contributed by atoms with Gasteiger partial charge in [-0.05, 0) is 0 Å². The Bertz CT molecular complexity index is 313. The zero-order valence-corrected chi connectivity index (χ0v) is 8.41. The topological polar surface area (TPSA) is 84.5 Å². The number of ether oxygens (including phenoxy) is 1. The lowest BCUT2D eigenvalue weighted by atomic mass is 10.7. The highest BCUT2D eigenvalue weighted by Crippen LogP contribution is 2.12. The minimum atomic E-state index is -4.65. The summed E-state index contributed by atoms with van der Waals surface area (Å²) < 4.78 is 63.2. The number of carbonyl (C=O) groups is 1. The first kappa shape index (κ1) is 14.1. The second kappa shape index (κ2) is 5.28. The van der Waals surface area contributed by atoms with E-state index >= 15 is 0 Å². The number of halogens is 3. The van der Waals surface area contributed by atoms with Crippen LogP contribution in [0.2, 0.25) is 0 Å². The lowest BCUT2D eigenvalue weighted by molar-refractivity contribution is -0.139. The summed E-state index contributed by atoms with van der Waals surface area (Å²) in [5, 5.41) is 0. The van der Waals surface area contributed by atoms with Gasteiger partial charge in [0.25, 0.3) is 10.2 Å². The van der Waals surface area contributed by atoms with Crippen LogP contribution in [0.4, 0.5) is 13.2 Å². The first-order chi connectivity index (χ1) is 6.66. The van der Waals surface area contributed by atoms with E-state index in [0.717, 1.165) is 7.11 Å². The number of carbonyl (C=O) groups excluding carboxylic acids is 1. The molecule has 0 spiro atoms. The van der Waals surface area contributed by atoms with Crippen LogP contribution in [-0.4, -0.2) is 40.8 Å². The van der Waals surface area contributed by atoms with Gasteiger partial charge in [0.2, 0.25) is 0 Å². The van der Waals surface area contributed by atoms with Crippen LogP contribution < -0.4 is 9.44 Å². The Morgan fingerprint density at radius 3 is 2.27 bits per heavy atom. The Morgan fingerprint density at radius 1 is 1.33 bits per heavy atom. The molecule has 15 heavy (non-hydrogen) atoms. The van der Waals surface area contributed by atoms with Crippen molar-refractivity contribution in [3.8, 4) is 0 Å². The second-order valence-electron chi connectivity index (χ2n) is 2.34. The minimum absolute atomic E-state index is 0.732. The molecule has 0 rings (SSSR count). The van der Waals surface area contributed by atoms with Crippen LogP contribution in [0, 0.1) is 0 Å². The van der Waals surface area contributed by atoms with Gasteiger partial charge in [-0.15, -0.1) is 0 Å². The zero-order chi connectivity index (χ0) is 12.1. The van der Waals surface area contributed by atoms with E-state index < -0.39 is 35.4 Å². The largest absolute Gasteiger partial charge is 0.468 e. The molecular weight excluding hydrogens is 241 g/mol. The van der Waals surface area contributed by atoms with Crippen LogP contribution >= 0.6 is 0 Å². The van der Waals surface area contributed by atoms with Crippen molar-refractivity contribution in [1.29, 1.82) is 0 Å². The summed E-state index contributed by atoms with van der Waals surface area (Å²) in [5.41, 5.74) is 0. The van der Waals surface area contributed by atoms with Gasteiger partial charge in [-0.2, -0.15) is 31.0 Å². The van der Waals surface area contributed by atoms with E-state index in [-0.39, 0.29) is 0 Å². The normalized spacial score (nSPS) is 12.5. The molecule has 0 radical (unpaired) electrons. The Hall–Kier alpha value is -0.870. The highest BCUT2D eigenvalue weighted by Gasteiger charge is 2.29. The highest BCUT2D eigenvalue weighted by molar-refractivity contribution is 7.87. The molecule has 6 nitrogen and oxygen atoms in total. The molecule has 0 amide bonds. The number of esters is 1. The molecule has 0 bridgehead atoms. The van der Waals surface area contributed by atoms with E-state index in [1.165, 1.54) is 4.72 Å². The van der Waals surface area contributed by atoms with E-state index in [9.17, 15) is 26.4 Å². The zero-order valence-electron chi connectivity index (χ0n) is 7.59. The number of hydrogen-bond donors (Lipinski definition) is 2. The maximum Gasteiger partial charge on any atom is 0.402 e. The Labute approximate surface area is 84.0 Å². The van der Waals surface area contributed by atoms with Gasteiger partial charge in [0, 0.05) is 0 Å². The van der Waals surface area contributed by atoms with E-state index in [4.69, 9.17) is 0 Å².